The highest BCUT2D eigenvalue weighted by Crippen LogP contribution is 2.51. The van der Waals surface area contributed by atoms with Crippen LogP contribution in [0.5, 0.6) is 0 Å². The Morgan fingerprint density at radius 1 is 1.12 bits per heavy atom. The van der Waals surface area contributed by atoms with E-state index in [0.29, 0.717) is 5.78 Å². The fourth-order valence-corrected chi connectivity index (χ4v) is 3.63. The van der Waals surface area contributed by atoms with Gasteiger partial charge in [0.05, 0.1) is 0 Å². The van der Waals surface area contributed by atoms with E-state index in [1.807, 2.05) is 0 Å². The molecule has 1 aromatic rings. The summed E-state index contributed by atoms with van der Waals surface area (Å²) < 4.78 is 0. The third kappa shape index (κ3) is 1.41. The molecule has 0 amide bonds. The second-order valence-corrected chi connectivity index (χ2v) is 5.49. The van der Waals surface area contributed by atoms with E-state index in [1.165, 1.54) is 22.3 Å². The van der Waals surface area contributed by atoms with Crippen molar-refractivity contribution in [2.24, 2.45) is 0 Å². The Morgan fingerprint density at radius 3 is 2.53 bits per heavy atom. The van der Waals surface area contributed by atoms with Crippen LogP contribution in [0.25, 0.3) is 6.08 Å². The number of carbonyl (C=O) groups excluding carboxylic acids is 1. The van der Waals surface area contributed by atoms with Gasteiger partial charge in [0.25, 0.3) is 0 Å². The Labute approximate surface area is 103 Å². The number of fused-ring (bicyclic) bond motifs is 2. The first-order valence-electron chi connectivity index (χ1n) is 6.44. The normalized spacial score (nSPS) is 21.5. The molecule has 0 bridgehead atoms. The zero-order valence-electron chi connectivity index (χ0n) is 10.5. The van der Waals surface area contributed by atoms with Crippen LogP contribution in [0.4, 0.5) is 0 Å². The van der Waals surface area contributed by atoms with Gasteiger partial charge in [-0.05, 0) is 43.4 Å². The Morgan fingerprint density at radius 2 is 1.82 bits per heavy atom. The summed E-state index contributed by atoms with van der Waals surface area (Å²) in [6, 6.07) is 6.53. The van der Waals surface area contributed by atoms with Crippen molar-refractivity contribution in [3.63, 3.8) is 0 Å². The molecule has 1 nitrogen and oxygen atoms in total. The molecule has 0 aromatic heterocycles. The minimum atomic E-state index is 0.175. The third-order valence-electron chi connectivity index (χ3n) is 4.57. The van der Waals surface area contributed by atoms with E-state index < -0.39 is 0 Å². The van der Waals surface area contributed by atoms with Crippen LogP contribution >= 0.6 is 0 Å². The Hall–Kier alpha value is -1.37. The molecule has 17 heavy (non-hydrogen) atoms. The number of benzene rings is 1. The number of Topliss-reactive ketones (excluding diaryl/α,β-unsaturated/α-hetero) is 1. The summed E-state index contributed by atoms with van der Waals surface area (Å²) >= 11 is 0. The smallest absolute Gasteiger partial charge is 0.133 e. The standard InChI is InChI=1S/C16H18O/c1-11-4-3-5-13-10-12(2)16(15(11)13)8-6-14(17)7-9-16/h3-5,10H,6-9H2,1-2H3. The van der Waals surface area contributed by atoms with Crippen molar-refractivity contribution in [3.8, 4) is 0 Å². The highest BCUT2D eigenvalue weighted by Gasteiger charge is 2.42. The molecule has 1 spiro atoms. The van der Waals surface area contributed by atoms with Crippen LogP contribution in [0.2, 0.25) is 0 Å². The molecule has 1 heteroatoms. The van der Waals surface area contributed by atoms with Crippen LogP contribution in [0.1, 0.15) is 49.3 Å². The van der Waals surface area contributed by atoms with E-state index in [1.54, 1.807) is 0 Å². The Kier molecular flexibility index (Phi) is 2.25. The second-order valence-electron chi connectivity index (χ2n) is 5.49. The molecular formula is C16H18O. The van der Waals surface area contributed by atoms with E-state index in [-0.39, 0.29) is 5.41 Å². The van der Waals surface area contributed by atoms with E-state index in [2.05, 4.69) is 38.1 Å². The van der Waals surface area contributed by atoms with E-state index >= 15 is 0 Å². The molecule has 2 aliphatic carbocycles. The summed E-state index contributed by atoms with van der Waals surface area (Å²) in [5, 5.41) is 0. The topological polar surface area (TPSA) is 17.1 Å². The van der Waals surface area contributed by atoms with Gasteiger partial charge >= 0.3 is 0 Å². The van der Waals surface area contributed by atoms with Gasteiger partial charge in [0.15, 0.2) is 0 Å². The lowest BCUT2D eigenvalue weighted by Crippen LogP contribution is -2.32. The van der Waals surface area contributed by atoms with Crippen LogP contribution in [0.3, 0.4) is 0 Å². The lowest BCUT2D eigenvalue weighted by molar-refractivity contribution is -0.121. The van der Waals surface area contributed by atoms with E-state index in [0.717, 1.165) is 25.7 Å². The minimum Gasteiger partial charge on any atom is -0.300 e. The van der Waals surface area contributed by atoms with Crippen molar-refractivity contribution in [1.29, 1.82) is 0 Å². The zero-order chi connectivity index (χ0) is 12.0. The van der Waals surface area contributed by atoms with Crippen molar-refractivity contribution in [3.05, 3.63) is 40.5 Å². The van der Waals surface area contributed by atoms with Crippen LogP contribution < -0.4 is 0 Å². The van der Waals surface area contributed by atoms with Crippen LogP contribution in [0, 0.1) is 6.92 Å². The van der Waals surface area contributed by atoms with Gasteiger partial charge in [-0.25, -0.2) is 0 Å². The monoisotopic (exact) mass is 226 g/mol. The zero-order valence-corrected chi connectivity index (χ0v) is 10.5. The number of carbonyl (C=O) groups is 1. The van der Waals surface area contributed by atoms with Gasteiger partial charge in [-0.3, -0.25) is 4.79 Å². The molecule has 1 fully saturated rings. The molecular weight excluding hydrogens is 208 g/mol. The van der Waals surface area contributed by atoms with Gasteiger partial charge in [0.2, 0.25) is 0 Å². The minimum absolute atomic E-state index is 0.175. The number of ketones is 1. The molecule has 0 N–H and O–H groups in total. The fraction of sp³-hybridized carbons (Fsp3) is 0.438. The number of allylic oxidation sites excluding steroid dienone is 1. The molecule has 2 aliphatic rings. The second kappa shape index (κ2) is 3.56. The maximum absolute atomic E-state index is 11.5. The summed E-state index contributed by atoms with van der Waals surface area (Å²) in [6.07, 6.45) is 5.83. The summed E-state index contributed by atoms with van der Waals surface area (Å²) in [6.45, 7) is 4.43. The largest absolute Gasteiger partial charge is 0.300 e. The van der Waals surface area contributed by atoms with E-state index in [9.17, 15) is 4.79 Å². The highest BCUT2D eigenvalue weighted by atomic mass is 16.1. The molecule has 0 heterocycles. The molecule has 0 saturated heterocycles. The first kappa shape index (κ1) is 10.8. The first-order valence-corrected chi connectivity index (χ1v) is 6.44. The van der Waals surface area contributed by atoms with Gasteiger partial charge in [-0.15, -0.1) is 0 Å². The van der Waals surface area contributed by atoms with Crippen molar-refractivity contribution < 1.29 is 4.79 Å². The Bertz CT molecular complexity index is 512. The van der Waals surface area contributed by atoms with Crippen molar-refractivity contribution >= 4 is 11.9 Å². The fourth-order valence-electron chi connectivity index (χ4n) is 3.63. The first-order chi connectivity index (χ1) is 8.13. The SMILES string of the molecule is CC1=Cc2cccc(C)c2C12CCC(=O)CC2. The lowest BCUT2D eigenvalue weighted by Gasteiger charge is -2.37. The van der Waals surface area contributed by atoms with E-state index in [4.69, 9.17) is 0 Å². The van der Waals surface area contributed by atoms with Gasteiger partial charge in [-0.2, -0.15) is 0 Å². The van der Waals surface area contributed by atoms with Crippen LogP contribution in [0.15, 0.2) is 23.8 Å². The number of hydrogen-bond acceptors (Lipinski definition) is 1. The highest BCUT2D eigenvalue weighted by molar-refractivity contribution is 5.82. The van der Waals surface area contributed by atoms with Gasteiger partial charge in [0, 0.05) is 18.3 Å². The van der Waals surface area contributed by atoms with Crippen molar-refractivity contribution in [1.82, 2.24) is 0 Å². The summed E-state index contributed by atoms with van der Waals surface area (Å²) in [5.41, 5.74) is 5.87. The summed E-state index contributed by atoms with van der Waals surface area (Å²) in [4.78, 5) is 11.5. The number of aryl methyl sites for hydroxylation is 1. The molecule has 0 atom stereocenters. The maximum atomic E-state index is 11.5. The predicted molar refractivity (Wildman–Crippen MR) is 70.0 cm³/mol. The van der Waals surface area contributed by atoms with Gasteiger partial charge in [0.1, 0.15) is 5.78 Å². The Balaban J connectivity index is 2.14. The number of hydrogen-bond donors (Lipinski definition) is 0. The maximum Gasteiger partial charge on any atom is 0.133 e. The van der Waals surface area contributed by atoms with Crippen LogP contribution in [-0.4, -0.2) is 5.78 Å². The van der Waals surface area contributed by atoms with Crippen LogP contribution in [-0.2, 0) is 10.2 Å². The summed E-state index contributed by atoms with van der Waals surface area (Å²) in [5.74, 6) is 0.436. The molecule has 3 rings (SSSR count). The molecule has 0 unspecified atom stereocenters. The summed E-state index contributed by atoms with van der Waals surface area (Å²) in [7, 11) is 0. The lowest BCUT2D eigenvalue weighted by atomic mass is 9.66. The average Bonchev–Trinajstić information content (AvgIpc) is 2.58. The molecule has 0 aliphatic heterocycles. The van der Waals surface area contributed by atoms with Crippen molar-refractivity contribution in [2.45, 2.75) is 44.9 Å². The number of rotatable bonds is 0. The third-order valence-corrected chi connectivity index (χ3v) is 4.57. The molecule has 1 saturated carbocycles. The van der Waals surface area contributed by atoms with Gasteiger partial charge in [-0.1, -0.05) is 29.8 Å². The molecule has 88 valence electrons. The molecule has 0 radical (unpaired) electrons. The quantitative estimate of drug-likeness (QED) is 0.657. The molecule has 1 aromatic carbocycles. The van der Waals surface area contributed by atoms with Gasteiger partial charge < -0.3 is 0 Å². The predicted octanol–water partition coefficient (Wildman–Crippen LogP) is 3.79. The average molecular weight is 226 g/mol. The van der Waals surface area contributed by atoms with Crippen molar-refractivity contribution in [2.75, 3.05) is 0 Å².